The normalized spacial score (nSPS) is 15.5. The van der Waals surface area contributed by atoms with Crippen molar-refractivity contribution in [2.45, 2.75) is 19.4 Å². The third kappa shape index (κ3) is 1.95. The van der Waals surface area contributed by atoms with Gasteiger partial charge < -0.3 is 10.2 Å². The van der Waals surface area contributed by atoms with Gasteiger partial charge in [0.2, 0.25) is 0 Å². The van der Waals surface area contributed by atoms with Crippen LogP contribution in [-0.4, -0.2) is 25.1 Å². The van der Waals surface area contributed by atoms with Crippen LogP contribution in [0.2, 0.25) is 0 Å². The van der Waals surface area contributed by atoms with E-state index in [9.17, 15) is 0 Å². The molecule has 0 aliphatic carbocycles. The van der Waals surface area contributed by atoms with Crippen molar-refractivity contribution in [3.05, 3.63) is 36.0 Å². The Morgan fingerprint density at radius 1 is 1.17 bits per heavy atom. The molecular formula is C15H19N3. The number of nitrogens with one attached hydrogen (secondary N) is 1. The molecule has 0 atom stereocenters. The standard InChI is InChI=1S/C15H19N3/c1-16-10-12-11-17-15(18-8-4-5-9-18)14-7-3-2-6-13(12)14/h2-3,6-7,11,16H,4-5,8-10H2,1H3. The first-order chi connectivity index (χ1) is 8.90. The van der Waals surface area contributed by atoms with E-state index in [0.717, 1.165) is 25.5 Å². The van der Waals surface area contributed by atoms with Crippen LogP contribution in [0.4, 0.5) is 5.82 Å². The van der Waals surface area contributed by atoms with Crippen LogP contribution in [0.1, 0.15) is 18.4 Å². The largest absolute Gasteiger partial charge is 0.356 e. The molecule has 2 aromatic rings. The SMILES string of the molecule is CNCc1cnc(N2CCCC2)c2ccccc12. The molecule has 18 heavy (non-hydrogen) atoms. The van der Waals surface area contributed by atoms with Gasteiger partial charge in [-0.1, -0.05) is 24.3 Å². The number of aromatic nitrogens is 1. The Balaban J connectivity index is 2.13. The summed E-state index contributed by atoms with van der Waals surface area (Å²) in [7, 11) is 1.98. The van der Waals surface area contributed by atoms with Crippen LogP contribution in [0.25, 0.3) is 10.8 Å². The topological polar surface area (TPSA) is 28.2 Å². The van der Waals surface area contributed by atoms with Crippen LogP contribution in [0.5, 0.6) is 0 Å². The minimum Gasteiger partial charge on any atom is -0.356 e. The lowest BCUT2D eigenvalue weighted by Gasteiger charge is -2.19. The quantitative estimate of drug-likeness (QED) is 0.895. The summed E-state index contributed by atoms with van der Waals surface area (Å²) in [4.78, 5) is 7.10. The molecule has 0 bridgehead atoms. The second-order valence-electron chi connectivity index (χ2n) is 4.88. The number of anilines is 1. The first-order valence-corrected chi connectivity index (χ1v) is 6.66. The van der Waals surface area contributed by atoms with E-state index in [4.69, 9.17) is 4.98 Å². The van der Waals surface area contributed by atoms with Gasteiger partial charge in [0.25, 0.3) is 0 Å². The van der Waals surface area contributed by atoms with Crippen molar-refractivity contribution in [1.82, 2.24) is 10.3 Å². The molecule has 0 amide bonds. The number of nitrogens with zero attached hydrogens (tertiary/aromatic N) is 2. The van der Waals surface area contributed by atoms with Gasteiger partial charge in [-0.3, -0.25) is 0 Å². The highest BCUT2D eigenvalue weighted by atomic mass is 15.2. The Bertz CT molecular complexity index is 544. The van der Waals surface area contributed by atoms with Crippen molar-refractivity contribution in [2.75, 3.05) is 25.0 Å². The summed E-state index contributed by atoms with van der Waals surface area (Å²) in [6.07, 6.45) is 4.59. The van der Waals surface area contributed by atoms with Crippen LogP contribution in [-0.2, 0) is 6.54 Å². The summed E-state index contributed by atoms with van der Waals surface area (Å²) < 4.78 is 0. The molecule has 1 aliphatic rings. The van der Waals surface area contributed by atoms with Crippen molar-refractivity contribution in [1.29, 1.82) is 0 Å². The smallest absolute Gasteiger partial charge is 0.136 e. The first kappa shape index (κ1) is 11.5. The van der Waals surface area contributed by atoms with E-state index >= 15 is 0 Å². The maximum Gasteiger partial charge on any atom is 0.136 e. The van der Waals surface area contributed by atoms with Gasteiger partial charge in [0.05, 0.1) is 0 Å². The number of benzene rings is 1. The van der Waals surface area contributed by atoms with E-state index in [2.05, 4.69) is 34.5 Å². The molecule has 3 heteroatoms. The van der Waals surface area contributed by atoms with Crippen molar-refractivity contribution >= 4 is 16.6 Å². The molecule has 1 fully saturated rings. The molecule has 1 saturated heterocycles. The molecule has 0 saturated carbocycles. The maximum atomic E-state index is 4.69. The average Bonchev–Trinajstić information content (AvgIpc) is 2.93. The lowest BCUT2D eigenvalue weighted by atomic mass is 10.1. The van der Waals surface area contributed by atoms with Gasteiger partial charge in [0, 0.05) is 31.2 Å². The van der Waals surface area contributed by atoms with Crippen molar-refractivity contribution in [3.8, 4) is 0 Å². The fourth-order valence-electron chi connectivity index (χ4n) is 2.75. The first-order valence-electron chi connectivity index (χ1n) is 6.66. The van der Waals surface area contributed by atoms with E-state index in [1.165, 1.54) is 29.2 Å². The predicted octanol–water partition coefficient (Wildman–Crippen LogP) is 2.55. The molecule has 0 spiro atoms. The van der Waals surface area contributed by atoms with Gasteiger partial charge in [0.1, 0.15) is 5.82 Å². The average molecular weight is 241 g/mol. The highest BCUT2D eigenvalue weighted by Gasteiger charge is 2.16. The molecule has 0 unspecified atom stereocenters. The molecule has 0 radical (unpaired) electrons. The maximum absolute atomic E-state index is 4.69. The number of pyridine rings is 1. The van der Waals surface area contributed by atoms with Gasteiger partial charge in [-0.15, -0.1) is 0 Å². The summed E-state index contributed by atoms with van der Waals surface area (Å²) in [6, 6.07) is 8.60. The van der Waals surface area contributed by atoms with Gasteiger partial charge >= 0.3 is 0 Å². The number of rotatable bonds is 3. The van der Waals surface area contributed by atoms with E-state index < -0.39 is 0 Å². The lowest BCUT2D eigenvalue weighted by molar-refractivity contribution is 0.818. The highest BCUT2D eigenvalue weighted by Crippen LogP contribution is 2.29. The molecule has 1 aromatic carbocycles. The third-order valence-electron chi connectivity index (χ3n) is 3.63. The minimum atomic E-state index is 0.869. The van der Waals surface area contributed by atoms with Crippen LogP contribution in [0, 0.1) is 0 Å². The molecule has 1 aromatic heterocycles. The lowest BCUT2D eigenvalue weighted by Crippen LogP contribution is -2.19. The summed E-state index contributed by atoms with van der Waals surface area (Å²) in [5.41, 5.74) is 1.27. The predicted molar refractivity (Wildman–Crippen MR) is 76.0 cm³/mol. The fraction of sp³-hybridized carbons (Fsp3) is 0.400. The van der Waals surface area contributed by atoms with Crippen LogP contribution < -0.4 is 10.2 Å². The zero-order valence-electron chi connectivity index (χ0n) is 10.8. The number of fused-ring (bicyclic) bond motifs is 1. The second kappa shape index (κ2) is 4.94. The van der Waals surface area contributed by atoms with Crippen molar-refractivity contribution in [3.63, 3.8) is 0 Å². The van der Waals surface area contributed by atoms with Gasteiger partial charge in [-0.05, 0) is 30.8 Å². The van der Waals surface area contributed by atoms with Gasteiger partial charge in [-0.25, -0.2) is 4.98 Å². The van der Waals surface area contributed by atoms with Crippen molar-refractivity contribution < 1.29 is 0 Å². The summed E-state index contributed by atoms with van der Waals surface area (Å²) >= 11 is 0. The molecule has 3 rings (SSSR count). The summed E-state index contributed by atoms with van der Waals surface area (Å²) in [6.45, 7) is 3.15. The fourth-order valence-corrected chi connectivity index (χ4v) is 2.75. The second-order valence-corrected chi connectivity index (χ2v) is 4.88. The zero-order chi connectivity index (χ0) is 12.4. The molecule has 1 aliphatic heterocycles. The van der Waals surface area contributed by atoms with E-state index in [0.29, 0.717) is 0 Å². The van der Waals surface area contributed by atoms with Gasteiger partial charge in [0.15, 0.2) is 0 Å². The van der Waals surface area contributed by atoms with Gasteiger partial charge in [-0.2, -0.15) is 0 Å². The third-order valence-corrected chi connectivity index (χ3v) is 3.63. The Hall–Kier alpha value is -1.61. The Morgan fingerprint density at radius 3 is 2.61 bits per heavy atom. The Morgan fingerprint density at radius 2 is 1.89 bits per heavy atom. The van der Waals surface area contributed by atoms with Crippen LogP contribution in [0.15, 0.2) is 30.5 Å². The monoisotopic (exact) mass is 241 g/mol. The number of hydrogen-bond donors (Lipinski definition) is 1. The molecule has 2 heterocycles. The van der Waals surface area contributed by atoms with Crippen LogP contribution >= 0.6 is 0 Å². The van der Waals surface area contributed by atoms with E-state index in [-0.39, 0.29) is 0 Å². The minimum absolute atomic E-state index is 0.869. The molecule has 94 valence electrons. The van der Waals surface area contributed by atoms with Crippen LogP contribution in [0.3, 0.4) is 0 Å². The molecular weight excluding hydrogens is 222 g/mol. The van der Waals surface area contributed by atoms with E-state index in [1.807, 2.05) is 13.2 Å². The highest BCUT2D eigenvalue weighted by molar-refractivity contribution is 5.94. The summed E-state index contributed by atoms with van der Waals surface area (Å²) in [5.74, 6) is 1.16. The number of hydrogen-bond acceptors (Lipinski definition) is 3. The Labute approximate surface area is 108 Å². The molecule has 1 N–H and O–H groups in total. The van der Waals surface area contributed by atoms with E-state index in [1.54, 1.807) is 0 Å². The summed E-state index contributed by atoms with van der Waals surface area (Å²) in [5, 5.41) is 5.82. The zero-order valence-corrected chi connectivity index (χ0v) is 10.8. The van der Waals surface area contributed by atoms with Crippen molar-refractivity contribution in [2.24, 2.45) is 0 Å². The Kier molecular flexibility index (Phi) is 3.15. The molecule has 3 nitrogen and oxygen atoms in total.